The minimum atomic E-state index is -0.155. The van der Waals surface area contributed by atoms with Crippen LogP contribution in [-0.2, 0) is 4.74 Å². The smallest absolute Gasteiger partial charge is 0.212 e. The number of aliphatic imine (C=N–C) groups is 1. The third-order valence-electron chi connectivity index (χ3n) is 4.48. The van der Waals surface area contributed by atoms with E-state index in [2.05, 4.69) is 37.5 Å². The fourth-order valence-electron chi connectivity index (χ4n) is 3.12. The highest BCUT2D eigenvalue weighted by atomic mass is 16.5. The number of hydrogen-bond donors (Lipinski definition) is 3. The Bertz CT molecular complexity index is 516. The lowest BCUT2D eigenvalue weighted by Crippen LogP contribution is -2.42. The van der Waals surface area contributed by atoms with Crippen molar-refractivity contribution in [2.75, 3.05) is 6.61 Å². The molecular formula is C17H27N3O2. The number of allylic oxidation sites excluding steroid dienone is 1. The van der Waals surface area contributed by atoms with Gasteiger partial charge in [-0.15, -0.1) is 0 Å². The van der Waals surface area contributed by atoms with Gasteiger partial charge in [-0.1, -0.05) is 33.6 Å². The molecule has 3 atom stereocenters. The molecule has 22 heavy (non-hydrogen) atoms. The van der Waals surface area contributed by atoms with Crippen molar-refractivity contribution in [3.8, 4) is 0 Å². The first-order valence-corrected chi connectivity index (χ1v) is 8.28. The molecule has 1 fully saturated rings. The standard InChI is InChI=1S/C17H27N3O2/c1-17(2,3)15-8-13-16(22-15)18-9-14(20-13)12-7-5-4-6-11(10-21)19-12/h8-9,11-12,16,18-19,21H,4-7,10H2,1-3H3. The molecule has 3 rings (SSSR count). The minimum absolute atomic E-state index is 0.00967. The summed E-state index contributed by atoms with van der Waals surface area (Å²) in [7, 11) is 0. The maximum atomic E-state index is 9.44. The van der Waals surface area contributed by atoms with Crippen LogP contribution in [0.25, 0.3) is 0 Å². The van der Waals surface area contributed by atoms with Crippen LogP contribution in [0.15, 0.2) is 28.7 Å². The van der Waals surface area contributed by atoms with Gasteiger partial charge in [0.05, 0.1) is 18.3 Å². The summed E-state index contributed by atoms with van der Waals surface area (Å²) >= 11 is 0. The second-order valence-electron chi connectivity index (χ2n) is 7.41. The monoisotopic (exact) mass is 305 g/mol. The zero-order valence-corrected chi connectivity index (χ0v) is 13.7. The van der Waals surface area contributed by atoms with Gasteiger partial charge < -0.3 is 20.5 Å². The predicted molar refractivity (Wildman–Crippen MR) is 87.3 cm³/mol. The van der Waals surface area contributed by atoms with Crippen LogP contribution < -0.4 is 10.6 Å². The number of nitrogens with zero attached hydrogens (tertiary/aromatic N) is 1. The first-order chi connectivity index (χ1) is 10.5. The molecule has 0 amide bonds. The van der Waals surface area contributed by atoms with E-state index < -0.39 is 0 Å². The molecule has 5 nitrogen and oxygen atoms in total. The molecule has 1 saturated heterocycles. The number of aliphatic hydroxyl groups excluding tert-OH is 1. The Hall–Kier alpha value is -1.33. The summed E-state index contributed by atoms with van der Waals surface area (Å²) in [6, 6.07) is 0.375. The van der Waals surface area contributed by atoms with E-state index in [1.165, 1.54) is 6.42 Å². The first-order valence-electron chi connectivity index (χ1n) is 8.28. The van der Waals surface area contributed by atoms with Gasteiger partial charge in [0.1, 0.15) is 11.5 Å². The molecule has 3 heterocycles. The molecule has 0 aromatic rings. The second kappa shape index (κ2) is 6.05. The molecule has 0 aliphatic carbocycles. The van der Waals surface area contributed by atoms with E-state index in [0.717, 1.165) is 36.4 Å². The molecule has 0 radical (unpaired) electrons. The van der Waals surface area contributed by atoms with E-state index >= 15 is 0 Å². The number of fused-ring (bicyclic) bond motifs is 1. The molecule has 0 aromatic carbocycles. The van der Waals surface area contributed by atoms with E-state index in [0.29, 0.717) is 0 Å². The van der Waals surface area contributed by atoms with E-state index in [9.17, 15) is 5.11 Å². The highest BCUT2D eigenvalue weighted by Crippen LogP contribution is 2.33. The van der Waals surface area contributed by atoms with Crippen molar-refractivity contribution in [1.29, 1.82) is 0 Å². The van der Waals surface area contributed by atoms with Gasteiger partial charge in [0.25, 0.3) is 0 Å². The van der Waals surface area contributed by atoms with E-state index in [4.69, 9.17) is 9.73 Å². The van der Waals surface area contributed by atoms with Crippen LogP contribution in [0.3, 0.4) is 0 Å². The molecule has 0 aromatic heterocycles. The van der Waals surface area contributed by atoms with Gasteiger partial charge in [0, 0.05) is 23.7 Å². The molecule has 3 unspecified atom stereocenters. The Morgan fingerprint density at radius 1 is 1.32 bits per heavy atom. The average Bonchev–Trinajstić information content (AvgIpc) is 2.77. The molecule has 0 saturated carbocycles. The van der Waals surface area contributed by atoms with Gasteiger partial charge in [-0.2, -0.15) is 0 Å². The zero-order chi connectivity index (χ0) is 15.7. The Labute approximate surface area is 132 Å². The van der Waals surface area contributed by atoms with Gasteiger partial charge in [-0.05, 0) is 12.8 Å². The van der Waals surface area contributed by atoms with Crippen LogP contribution in [0.4, 0.5) is 0 Å². The number of hydrogen-bond acceptors (Lipinski definition) is 5. The van der Waals surface area contributed by atoms with Crippen molar-refractivity contribution in [2.45, 2.75) is 64.8 Å². The normalized spacial score (nSPS) is 32.0. The van der Waals surface area contributed by atoms with Gasteiger partial charge in [0.2, 0.25) is 6.23 Å². The molecule has 5 heteroatoms. The number of ether oxygens (including phenoxy) is 1. The van der Waals surface area contributed by atoms with Crippen molar-refractivity contribution in [3.63, 3.8) is 0 Å². The van der Waals surface area contributed by atoms with Crippen molar-refractivity contribution in [1.82, 2.24) is 10.6 Å². The second-order valence-corrected chi connectivity index (χ2v) is 7.41. The average molecular weight is 305 g/mol. The molecular weight excluding hydrogens is 278 g/mol. The highest BCUT2D eigenvalue weighted by molar-refractivity contribution is 6.01. The van der Waals surface area contributed by atoms with Crippen LogP contribution in [0.2, 0.25) is 0 Å². The van der Waals surface area contributed by atoms with Crippen LogP contribution in [0, 0.1) is 5.41 Å². The van der Waals surface area contributed by atoms with Crippen LogP contribution in [0.1, 0.15) is 46.5 Å². The van der Waals surface area contributed by atoms with Crippen LogP contribution >= 0.6 is 0 Å². The molecule has 0 bridgehead atoms. The molecule has 3 N–H and O–H groups in total. The summed E-state index contributed by atoms with van der Waals surface area (Å²) in [5.74, 6) is 0.973. The summed E-state index contributed by atoms with van der Waals surface area (Å²) in [4.78, 5) is 4.81. The van der Waals surface area contributed by atoms with E-state index in [1.54, 1.807) is 0 Å². The van der Waals surface area contributed by atoms with Crippen molar-refractivity contribution in [3.05, 3.63) is 23.7 Å². The SMILES string of the molecule is CC(C)(C)C1=CC2=NC(C3CCCCC(CO)N3)=CNC2O1. The summed E-state index contributed by atoms with van der Waals surface area (Å²) in [6.45, 7) is 6.62. The lowest BCUT2D eigenvalue weighted by atomic mass is 9.94. The molecule has 3 aliphatic heterocycles. The fraction of sp³-hybridized carbons (Fsp3) is 0.706. The maximum Gasteiger partial charge on any atom is 0.212 e. The summed E-state index contributed by atoms with van der Waals surface area (Å²) < 4.78 is 5.95. The topological polar surface area (TPSA) is 65.9 Å². The lowest BCUT2D eigenvalue weighted by Gasteiger charge is -2.26. The van der Waals surface area contributed by atoms with E-state index in [1.807, 2.05) is 6.20 Å². The Morgan fingerprint density at radius 2 is 2.09 bits per heavy atom. The van der Waals surface area contributed by atoms with Crippen molar-refractivity contribution < 1.29 is 9.84 Å². The van der Waals surface area contributed by atoms with Gasteiger partial charge in [-0.25, -0.2) is 4.99 Å². The third-order valence-corrected chi connectivity index (χ3v) is 4.48. The zero-order valence-electron chi connectivity index (χ0n) is 13.7. The minimum Gasteiger partial charge on any atom is -0.469 e. The quantitative estimate of drug-likeness (QED) is 0.730. The predicted octanol–water partition coefficient (Wildman–Crippen LogP) is 2.05. The van der Waals surface area contributed by atoms with Crippen molar-refractivity contribution >= 4 is 5.71 Å². The molecule has 0 spiro atoms. The Morgan fingerprint density at radius 3 is 2.82 bits per heavy atom. The molecule has 3 aliphatic rings. The lowest BCUT2D eigenvalue weighted by molar-refractivity contribution is 0.118. The highest BCUT2D eigenvalue weighted by Gasteiger charge is 2.34. The fourth-order valence-corrected chi connectivity index (χ4v) is 3.12. The number of rotatable bonds is 2. The van der Waals surface area contributed by atoms with Gasteiger partial charge in [0.15, 0.2) is 0 Å². The van der Waals surface area contributed by atoms with Crippen LogP contribution in [-0.4, -0.2) is 35.7 Å². The van der Waals surface area contributed by atoms with Crippen LogP contribution in [0.5, 0.6) is 0 Å². The Kier molecular flexibility index (Phi) is 4.28. The largest absolute Gasteiger partial charge is 0.469 e. The number of nitrogens with one attached hydrogen (secondary N) is 2. The summed E-state index contributed by atoms with van der Waals surface area (Å²) in [5.41, 5.74) is 1.96. The maximum absolute atomic E-state index is 9.44. The van der Waals surface area contributed by atoms with Crippen molar-refractivity contribution in [2.24, 2.45) is 10.4 Å². The van der Waals surface area contributed by atoms with E-state index in [-0.39, 0.29) is 30.3 Å². The van der Waals surface area contributed by atoms with Gasteiger partial charge >= 0.3 is 0 Å². The third kappa shape index (κ3) is 3.20. The molecule has 122 valence electrons. The number of aliphatic hydroxyl groups is 1. The Balaban J connectivity index is 1.76. The summed E-state index contributed by atoms with van der Waals surface area (Å²) in [6.07, 6.45) is 8.28. The first kappa shape index (κ1) is 15.6. The van der Waals surface area contributed by atoms with Gasteiger partial charge in [-0.3, -0.25) is 0 Å². The summed E-state index contributed by atoms with van der Waals surface area (Å²) in [5, 5.41) is 16.3.